The van der Waals surface area contributed by atoms with Gasteiger partial charge in [0.15, 0.2) is 16.8 Å². The number of hydrogen-bond acceptors (Lipinski definition) is 17. The summed E-state index contributed by atoms with van der Waals surface area (Å²) in [6.07, 6.45) is 3.45. The number of carbonyl (C=O) groups excluding carboxylic acids is 5. The van der Waals surface area contributed by atoms with E-state index in [0.29, 0.717) is 51.4 Å². The van der Waals surface area contributed by atoms with Crippen molar-refractivity contribution in [1.82, 2.24) is 5.32 Å². The molecule has 3 spiro atoms. The monoisotopic (exact) mass is 1380 g/mol. The number of phenols is 2. The minimum absolute atomic E-state index is 0. The molecule has 1 amide bonds. The summed E-state index contributed by atoms with van der Waals surface area (Å²) in [6.45, 7) is 11.1. The smallest absolute Gasteiger partial charge is 0.406 e. The molecule has 0 saturated heterocycles. The van der Waals surface area contributed by atoms with Gasteiger partial charge in [0.2, 0.25) is 0 Å². The summed E-state index contributed by atoms with van der Waals surface area (Å²) in [7, 11) is 1.35. The zero-order valence-corrected chi connectivity index (χ0v) is 53.1. The van der Waals surface area contributed by atoms with Gasteiger partial charge in [0.1, 0.15) is 46.0 Å². The molecule has 0 saturated carbocycles. The Labute approximate surface area is 591 Å². The van der Waals surface area contributed by atoms with E-state index in [4.69, 9.17) is 53.3 Å². The molecule has 5 N–H and O–H groups in total. The molecule has 15 rings (SSSR count). The van der Waals surface area contributed by atoms with Gasteiger partial charge >= 0.3 is 24.0 Å². The van der Waals surface area contributed by atoms with E-state index >= 15 is 0 Å². The average Bonchev–Trinajstić information content (AvgIpc) is 1.66. The minimum atomic E-state index is -1.17. The Balaban J connectivity index is 0.000000277. The fourth-order valence-electron chi connectivity index (χ4n) is 12.3. The summed E-state index contributed by atoms with van der Waals surface area (Å²) >= 11 is 0. The Kier molecular flexibility index (Phi) is 27.9. The molecule has 19 heteroatoms. The first kappa shape index (κ1) is 82.0. The molecule has 9 aromatic carbocycles. The number of ether oxygens (including phenoxy) is 7. The Bertz CT molecular complexity index is 3900. The van der Waals surface area contributed by atoms with Crippen LogP contribution in [-0.4, -0.2) is 76.6 Å². The summed E-state index contributed by atoms with van der Waals surface area (Å²) in [4.78, 5) is 66.2. The number of phenolic OH excluding ortho intramolecular Hbond substituents is 2. The number of aryl methyl sites for hydroxylation is 4. The van der Waals surface area contributed by atoms with Crippen molar-refractivity contribution in [3.05, 3.63) is 271 Å². The number of rotatable bonds is 6. The Morgan fingerprint density at radius 1 is 0.416 bits per heavy atom. The maximum absolute atomic E-state index is 12.6. The average molecular weight is 1380 g/mol. The molecule has 0 aromatic heterocycles. The summed E-state index contributed by atoms with van der Waals surface area (Å²) < 4.78 is 40.7. The van der Waals surface area contributed by atoms with Crippen molar-refractivity contribution in [3.8, 4) is 46.0 Å². The minimum Gasteiger partial charge on any atom is -0.550 e. The molecule has 0 bridgehead atoms. The number of aliphatic hydroxyl groups excluding tert-OH is 1. The molecule has 101 heavy (non-hydrogen) atoms. The molecule has 0 aliphatic carbocycles. The highest BCUT2D eigenvalue weighted by molar-refractivity contribution is 5.99. The lowest BCUT2D eigenvalue weighted by Crippen LogP contribution is -2.33. The normalized spacial score (nSPS) is 13.4. The molecular formula is C82H92NO18-. The van der Waals surface area contributed by atoms with Crippen molar-refractivity contribution in [3.63, 3.8) is 0 Å². The molecule has 19 nitrogen and oxygen atoms in total. The van der Waals surface area contributed by atoms with Crippen molar-refractivity contribution in [2.24, 2.45) is 0 Å². The molecule has 0 fully saturated rings. The molecule has 6 aliphatic heterocycles. The van der Waals surface area contributed by atoms with E-state index in [9.17, 15) is 29.4 Å². The van der Waals surface area contributed by atoms with Crippen LogP contribution < -0.4 is 24.6 Å². The summed E-state index contributed by atoms with van der Waals surface area (Å²) in [5.41, 5.74) is 10.2. The third-order valence-electron chi connectivity index (χ3n) is 16.3. The standard InChI is InChI=1S/2C22H16O3.C20H12O5.C8H17NO3.2C2H4O2.6CH4/c2*1-13-7-9-17-19(11-13)24-20-12-14(2)8-10-18(20)22(17)16-6-4-3-5-15(16)21(23)25-22;21-11-5-7-15-17(9-11)24-18-10-12(22)6-8-16(18)20(15)14-4-2-1-3-13(14)19(23)25-20;1-12-8(11)9-6-4-2-3-5-7-10;2*1-2(3)4;;;;;;/h2*3-12H,1-2H3;1-10,21-22H;10H,2-7H2,1H3,(H,9,11);2*1H3,(H,3,4);6*1H4/p-1. The van der Waals surface area contributed by atoms with Crippen LogP contribution in [0, 0.1) is 27.7 Å². The van der Waals surface area contributed by atoms with Crippen molar-refractivity contribution < 1.29 is 87.5 Å². The van der Waals surface area contributed by atoms with Crippen LogP contribution >= 0.6 is 0 Å². The number of methoxy groups -OCH3 is 1. The van der Waals surface area contributed by atoms with Gasteiger partial charge in [-0.1, -0.05) is 161 Å². The van der Waals surface area contributed by atoms with Crippen molar-refractivity contribution in [2.75, 3.05) is 20.3 Å². The van der Waals surface area contributed by atoms with Gasteiger partial charge in [-0.3, -0.25) is 4.79 Å². The number of carboxylic acid groups (broad SMARTS) is 2. The lowest BCUT2D eigenvalue weighted by atomic mass is 9.77. The number of aromatic hydroxyl groups is 2. The fourth-order valence-corrected chi connectivity index (χ4v) is 12.3. The Morgan fingerprint density at radius 3 is 0.950 bits per heavy atom. The van der Waals surface area contributed by atoms with E-state index in [0.717, 1.165) is 118 Å². The highest BCUT2D eigenvalue weighted by Crippen LogP contribution is 2.60. The van der Waals surface area contributed by atoms with E-state index in [1.165, 1.54) is 31.4 Å². The summed E-state index contributed by atoms with van der Waals surface area (Å²) in [5.74, 6) is 0.854. The Morgan fingerprint density at radius 2 is 0.673 bits per heavy atom. The van der Waals surface area contributed by atoms with E-state index in [-0.39, 0.29) is 80.7 Å². The first-order chi connectivity index (χ1) is 45.5. The van der Waals surface area contributed by atoms with Crippen LogP contribution in [0.25, 0.3) is 0 Å². The number of fused-ring (bicyclic) bond motifs is 18. The number of hydrogen-bond donors (Lipinski definition) is 5. The number of carboxylic acids is 2. The topological polar surface area (TPSA) is 283 Å². The highest BCUT2D eigenvalue weighted by atomic mass is 16.6. The highest BCUT2D eigenvalue weighted by Gasteiger charge is 2.56. The summed E-state index contributed by atoms with van der Waals surface area (Å²) in [5, 5.41) is 47.0. The third-order valence-corrected chi connectivity index (χ3v) is 16.3. The van der Waals surface area contributed by atoms with Gasteiger partial charge in [-0.25, -0.2) is 19.2 Å². The number of alkyl carbamates (subject to hydrolysis) is 1. The molecule has 0 radical (unpaired) electrons. The first-order valence-corrected chi connectivity index (χ1v) is 30.5. The third kappa shape index (κ3) is 16.2. The van der Waals surface area contributed by atoms with Crippen LogP contribution in [0.5, 0.6) is 46.0 Å². The zero-order chi connectivity index (χ0) is 67.9. The molecular weight excluding hydrogens is 1290 g/mol. The van der Waals surface area contributed by atoms with Gasteiger partial charge in [-0.2, -0.15) is 0 Å². The fraction of sp³-hybridized carbons (Fsp3) is 0.268. The number of benzene rings is 9. The molecule has 9 aromatic rings. The SMILES string of the molecule is C.C.C.C.C.C.CC(=O)O.CC(=O)[O-].COC(=O)NCCCCCCO.Cc1ccc2c(c1)Oc1cc(C)ccc1C21OC(=O)c2ccccc21.Cc1ccc2c(c1)Oc1cc(C)ccc1C21OC(=O)c2ccccc21.O=C1OC2(c3ccc(O)cc3Oc3cc(O)ccc32)c2ccccc21. The van der Waals surface area contributed by atoms with Crippen LogP contribution in [0.1, 0.15) is 187 Å². The van der Waals surface area contributed by atoms with Crippen molar-refractivity contribution in [1.29, 1.82) is 0 Å². The van der Waals surface area contributed by atoms with Crippen molar-refractivity contribution >= 4 is 35.9 Å². The van der Waals surface area contributed by atoms with Crippen LogP contribution in [0.3, 0.4) is 0 Å². The number of unbranched alkanes of at least 4 members (excludes halogenated alkanes) is 3. The lowest BCUT2D eigenvalue weighted by molar-refractivity contribution is -0.302. The van der Waals surface area contributed by atoms with Gasteiger partial charge in [-0.05, 0) is 136 Å². The summed E-state index contributed by atoms with van der Waals surface area (Å²) in [6, 6.07) is 55.9. The maximum atomic E-state index is 12.6. The number of amides is 1. The first-order valence-electron chi connectivity index (χ1n) is 30.5. The molecule has 534 valence electrons. The largest absolute Gasteiger partial charge is 0.550 e. The predicted molar refractivity (Wildman–Crippen MR) is 387 cm³/mol. The Hall–Kier alpha value is -11.4. The van der Waals surface area contributed by atoms with E-state index in [2.05, 4.69) is 10.1 Å². The number of esters is 3. The second-order valence-corrected chi connectivity index (χ2v) is 23.1. The van der Waals surface area contributed by atoms with Crippen LogP contribution in [-0.2, 0) is 45.3 Å². The molecule has 0 unspecified atom stereocenters. The molecule has 0 atom stereocenters. The van der Waals surface area contributed by atoms with E-state index < -0.39 is 34.7 Å². The van der Waals surface area contributed by atoms with Crippen LogP contribution in [0.2, 0.25) is 0 Å². The lowest BCUT2D eigenvalue weighted by Gasteiger charge is -2.36. The second kappa shape index (κ2) is 34.4. The van der Waals surface area contributed by atoms with Crippen molar-refractivity contribution in [2.45, 2.75) is 129 Å². The van der Waals surface area contributed by atoms with Gasteiger partial charge in [0, 0.05) is 88.2 Å². The quantitative estimate of drug-likeness (QED) is 0.0587. The second-order valence-electron chi connectivity index (χ2n) is 23.1. The van der Waals surface area contributed by atoms with Gasteiger partial charge in [-0.15, -0.1) is 0 Å². The number of aliphatic carboxylic acids is 2. The number of aliphatic hydroxyl groups is 1. The number of carbonyl (C=O) groups is 6. The zero-order valence-electron chi connectivity index (χ0n) is 53.1. The van der Waals surface area contributed by atoms with Gasteiger partial charge in [0.05, 0.1) is 23.8 Å². The predicted octanol–water partition coefficient (Wildman–Crippen LogP) is 17.0. The number of nitrogens with one attached hydrogen (secondary N) is 1. The van der Waals surface area contributed by atoms with Gasteiger partial charge < -0.3 is 68.8 Å². The van der Waals surface area contributed by atoms with E-state index in [1.807, 2.05) is 161 Å². The molecule has 6 heterocycles. The van der Waals surface area contributed by atoms with Crippen LogP contribution in [0.15, 0.2) is 182 Å². The maximum Gasteiger partial charge on any atom is 0.406 e. The van der Waals surface area contributed by atoms with Gasteiger partial charge in [0.25, 0.3) is 5.97 Å². The van der Waals surface area contributed by atoms with Crippen LogP contribution in [0.4, 0.5) is 4.79 Å². The van der Waals surface area contributed by atoms with E-state index in [1.54, 1.807) is 24.3 Å². The molecule has 6 aliphatic rings.